The van der Waals surface area contributed by atoms with E-state index in [1.54, 1.807) is 18.5 Å². The summed E-state index contributed by atoms with van der Waals surface area (Å²) in [6.45, 7) is 5.92. The minimum absolute atomic E-state index is 0.0330. The van der Waals surface area contributed by atoms with Gasteiger partial charge in [-0.05, 0) is 44.5 Å². The number of halogens is 1. The van der Waals surface area contributed by atoms with Crippen LogP contribution >= 0.6 is 0 Å². The molecule has 0 aliphatic rings. The Hall–Kier alpha value is -3.49. The quantitative estimate of drug-likeness (QED) is 0.491. The average molecular weight is 395 g/mol. The van der Waals surface area contributed by atoms with Crippen molar-refractivity contribution < 1.29 is 9.13 Å². The first-order chi connectivity index (χ1) is 14.0. The van der Waals surface area contributed by atoms with Crippen molar-refractivity contribution in [1.82, 2.24) is 29.7 Å². The maximum Gasteiger partial charge on any atom is 0.234 e. The topological polar surface area (TPSA) is 93.5 Å². The Labute approximate surface area is 167 Å². The molecule has 0 aliphatic heterocycles. The lowest BCUT2D eigenvalue weighted by Crippen LogP contribution is -2.12. The van der Waals surface area contributed by atoms with Gasteiger partial charge in [-0.15, -0.1) is 5.10 Å². The molecule has 4 rings (SSSR count). The molecule has 1 atom stereocenters. The molecule has 0 radical (unpaired) electrons. The van der Waals surface area contributed by atoms with Crippen LogP contribution in [0.25, 0.3) is 17.0 Å². The summed E-state index contributed by atoms with van der Waals surface area (Å²) in [7, 11) is 0. The van der Waals surface area contributed by atoms with Gasteiger partial charge in [-0.2, -0.15) is 0 Å². The second kappa shape index (κ2) is 7.86. The minimum Gasteiger partial charge on any atom is -0.474 e. The molecule has 8 nitrogen and oxygen atoms in total. The van der Waals surface area contributed by atoms with Crippen molar-refractivity contribution >= 4 is 17.0 Å². The van der Waals surface area contributed by atoms with Gasteiger partial charge >= 0.3 is 0 Å². The van der Waals surface area contributed by atoms with Gasteiger partial charge in [0.15, 0.2) is 5.65 Å². The third kappa shape index (κ3) is 4.03. The lowest BCUT2D eigenvalue weighted by molar-refractivity contribution is 0.232. The van der Waals surface area contributed by atoms with Crippen molar-refractivity contribution in [2.45, 2.75) is 39.3 Å². The number of hydrogen-bond donors (Lipinski definition) is 2. The fourth-order valence-electron chi connectivity index (χ4n) is 3.03. The highest BCUT2D eigenvalue weighted by atomic mass is 19.1. The van der Waals surface area contributed by atoms with Gasteiger partial charge in [0.2, 0.25) is 5.88 Å². The molecule has 2 N–H and O–H groups in total. The number of fused-ring (bicyclic) bond motifs is 1. The minimum atomic E-state index is -0.354. The van der Waals surface area contributed by atoms with Crippen molar-refractivity contribution in [3.8, 4) is 11.7 Å². The van der Waals surface area contributed by atoms with E-state index in [0.29, 0.717) is 23.2 Å². The zero-order valence-corrected chi connectivity index (χ0v) is 16.4. The van der Waals surface area contributed by atoms with Crippen LogP contribution < -0.4 is 10.1 Å². The Kier molecular flexibility index (Phi) is 5.11. The monoisotopic (exact) mass is 395 g/mol. The van der Waals surface area contributed by atoms with Gasteiger partial charge in [0.1, 0.15) is 29.3 Å². The predicted octanol–water partition coefficient (Wildman–Crippen LogP) is 4.03. The Bertz CT molecular complexity index is 1100. The summed E-state index contributed by atoms with van der Waals surface area (Å²) in [4.78, 5) is 13.3. The zero-order valence-electron chi connectivity index (χ0n) is 16.4. The highest BCUT2D eigenvalue weighted by Gasteiger charge is 2.14. The summed E-state index contributed by atoms with van der Waals surface area (Å²) in [5.41, 5.74) is 2.19. The Morgan fingerprint density at radius 1 is 1.21 bits per heavy atom. The molecule has 0 saturated carbocycles. The van der Waals surface area contributed by atoms with Crippen LogP contribution in [0.15, 0.2) is 42.9 Å². The van der Waals surface area contributed by atoms with Gasteiger partial charge < -0.3 is 10.1 Å². The van der Waals surface area contributed by atoms with Crippen molar-refractivity contribution in [2.24, 2.45) is 0 Å². The molecule has 0 saturated heterocycles. The van der Waals surface area contributed by atoms with E-state index >= 15 is 0 Å². The molecule has 0 fully saturated rings. The van der Waals surface area contributed by atoms with Gasteiger partial charge in [-0.1, -0.05) is 6.92 Å². The molecule has 0 bridgehead atoms. The van der Waals surface area contributed by atoms with E-state index in [-0.39, 0.29) is 18.0 Å². The number of imidazole rings is 1. The molecule has 150 valence electrons. The largest absolute Gasteiger partial charge is 0.474 e. The van der Waals surface area contributed by atoms with Crippen LogP contribution in [0, 0.1) is 5.82 Å². The third-order valence-electron chi connectivity index (χ3n) is 4.39. The summed E-state index contributed by atoms with van der Waals surface area (Å²) in [5, 5.41) is 10.5. The number of ether oxygens (including phenoxy) is 1. The van der Waals surface area contributed by atoms with Crippen LogP contribution in [0.2, 0.25) is 0 Å². The molecular formula is C20H22FN7O. The van der Waals surface area contributed by atoms with Gasteiger partial charge in [0, 0.05) is 6.07 Å². The van der Waals surface area contributed by atoms with E-state index in [2.05, 4.69) is 25.5 Å². The molecule has 4 heterocycles. The van der Waals surface area contributed by atoms with Crippen molar-refractivity contribution in [1.29, 1.82) is 0 Å². The molecule has 0 aromatic carbocycles. The predicted molar refractivity (Wildman–Crippen MR) is 108 cm³/mol. The number of aromatic nitrogens is 6. The van der Waals surface area contributed by atoms with Gasteiger partial charge in [0.05, 0.1) is 24.0 Å². The molecule has 4 aromatic heterocycles. The summed E-state index contributed by atoms with van der Waals surface area (Å²) < 4.78 is 20.6. The van der Waals surface area contributed by atoms with Crippen LogP contribution in [-0.2, 0) is 0 Å². The zero-order chi connectivity index (χ0) is 20.4. The van der Waals surface area contributed by atoms with E-state index in [1.165, 1.54) is 12.3 Å². The van der Waals surface area contributed by atoms with E-state index in [0.717, 1.165) is 17.6 Å². The number of H-pyrrole nitrogens is 1. The van der Waals surface area contributed by atoms with E-state index in [4.69, 9.17) is 9.72 Å². The van der Waals surface area contributed by atoms with Crippen LogP contribution in [-0.4, -0.2) is 35.8 Å². The number of rotatable bonds is 7. The van der Waals surface area contributed by atoms with E-state index in [1.807, 2.05) is 37.5 Å². The van der Waals surface area contributed by atoms with Crippen LogP contribution in [0.3, 0.4) is 0 Å². The molecule has 29 heavy (non-hydrogen) atoms. The molecule has 9 heteroatoms. The summed E-state index contributed by atoms with van der Waals surface area (Å²) in [6.07, 6.45) is 3.71. The third-order valence-corrected chi connectivity index (χ3v) is 4.39. The SMILES string of the molecule is CC[C@H](Nc1ccc2ncn(-c3cc(OC(C)C)n[nH]3)c2n1)c1ccc(F)cn1. The second-order valence-electron chi connectivity index (χ2n) is 6.92. The number of nitrogens with one attached hydrogen (secondary N) is 2. The molecule has 0 unspecified atom stereocenters. The molecule has 0 aliphatic carbocycles. The molecule has 0 amide bonds. The molecule has 0 spiro atoms. The fourth-order valence-corrected chi connectivity index (χ4v) is 3.03. The molecule has 4 aromatic rings. The number of pyridine rings is 2. The normalized spacial score (nSPS) is 12.4. The average Bonchev–Trinajstić information content (AvgIpc) is 3.32. The first kappa shape index (κ1) is 18.9. The number of aromatic amines is 1. The van der Waals surface area contributed by atoms with Crippen molar-refractivity contribution in [3.05, 3.63) is 54.4 Å². The van der Waals surface area contributed by atoms with Crippen LogP contribution in [0.4, 0.5) is 10.2 Å². The van der Waals surface area contributed by atoms with Gasteiger partial charge in [-0.25, -0.2) is 14.4 Å². The van der Waals surface area contributed by atoms with Crippen molar-refractivity contribution in [2.75, 3.05) is 5.32 Å². The maximum atomic E-state index is 13.2. The Morgan fingerprint density at radius 2 is 2.07 bits per heavy atom. The van der Waals surface area contributed by atoms with Crippen LogP contribution in [0.5, 0.6) is 5.88 Å². The summed E-state index contributed by atoms with van der Waals surface area (Å²) >= 11 is 0. The molecular weight excluding hydrogens is 373 g/mol. The lowest BCUT2D eigenvalue weighted by atomic mass is 10.1. The van der Waals surface area contributed by atoms with Crippen LogP contribution in [0.1, 0.15) is 38.9 Å². The Balaban J connectivity index is 1.62. The lowest BCUT2D eigenvalue weighted by Gasteiger charge is -2.17. The van der Waals surface area contributed by atoms with E-state index in [9.17, 15) is 4.39 Å². The first-order valence-electron chi connectivity index (χ1n) is 9.48. The van der Waals surface area contributed by atoms with E-state index < -0.39 is 0 Å². The fraction of sp³-hybridized carbons (Fsp3) is 0.300. The number of nitrogens with zero attached hydrogens (tertiary/aromatic N) is 5. The first-order valence-corrected chi connectivity index (χ1v) is 9.48. The summed E-state index contributed by atoms with van der Waals surface area (Å²) in [5.74, 6) is 1.54. The number of anilines is 1. The maximum absolute atomic E-state index is 13.2. The smallest absolute Gasteiger partial charge is 0.234 e. The highest BCUT2D eigenvalue weighted by molar-refractivity contribution is 5.75. The Morgan fingerprint density at radius 3 is 2.79 bits per heavy atom. The van der Waals surface area contributed by atoms with Gasteiger partial charge in [0.25, 0.3) is 0 Å². The van der Waals surface area contributed by atoms with Crippen molar-refractivity contribution in [3.63, 3.8) is 0 Å². The second-order valence-corrected chi connectivity index (χ2v) is 6.92. The van der Waals surface area contributed by atoms with Gasteiger partial charge in [-0.3, -0.25) is 14.6 Å². The number of hydrogen-bond acceptors (Lipinski definition) is 6. The summed E-state index contributed by atoms with van der Waals surface area (Å²) in [6, 6.07) is 8.57. The standard InChI is InChI=1S/C20H22FN7O/c1-4-14(15-6-5-13(21)10-22-15)24-17-8-7-16-20(25-17)28(11-23-16)18-9-19(27-26-18)29-12(2)3/h5-12,14H,4H2,1-3H3,(H,24,25)(H,26,27)/t14-/m0/s1. The highest BCUT2D eigenvalue weighted by Crippen LogP contribution is 2.24.